The summed E-state index contributed by atoms with van der Waals surface area (Å²) in [5.41, 5.74) is 1.32. The predicted octanol–water partition coefficient (Wildman–Crippen LogP) is 4.67. The summed E-state index contributed by atoms with van der Waals surface area (Å²) >= 11 is 5.41. The molecule has 0 saturated carbocycles. The number of hydrogen-bond acceptors (Lipinski definition) is 2. The molecule has 1 unspecified atom stereocenters. The van der Waals surface area contributed by atoms with Crippen LogP contribution in [-0.2, 0) is 0 Å². The highest BCUT2D eigenvalue weighted by atomic mass is 127. The second-order valence-electron chi connectivity index (χ2n) is 4.18. The average molecular weight is 451 g/mol. The second kappa shape index (κ2) is 6.87. The van der Waals surface area contributed by atoms with Gasteiger partial charge in [-0.2, -0.15) is 0 Å². The van der Waals surface area contributed by atoms with Crippen LogP contribution < -0.4 is 4.74 Å². The summed E-state index contributed by atoms with van der Waals surface area (Å²) in [4.78, 5) is 0. The van der Waals surface area contributed by atoms with Crippen molar-refractivity contribution in [2.24, 2.45) is 0 Å². The first-order valence-corrected chi connectivity index (χ1v) is 7.95. The van der Waals surface area contributed by atoms with Crippen molar-refractivity contribution in [2.45, 2.75) is 13.0 Å². The number of ether oxygens (including phenoxy) is 1. The fourth-order valence-electron chi connectivity index (χ4n) is 1.91. The molecular formula is C15H13BrFIO2. The van der Waals surface area contributed by atoms with Gasteiger partial charge in [0.1, 0.15) is 17.7 Å². The van der Waals surface area contributed by atoms with E-state index in [-0.39, 0.29) is 5.82 Å². The molecule has 20 heavy (non-hydrogen) atoms. The molecule has 0 aliphatic carbocycles. The van der Waals surface area contributed by atoms with Crippen molar-refractivity contribution in [2.75, 3.05) is 6.61 Å². The molecule has 2 rings (SSSR count). The van der Waals surface area contributed by atoms with E-state index in [1.54, 1.807) is 6.07 Å². The zero-order valence-corrected chi connectivity index (χ0v) is 14.5. The molecule has 0 aromatic heterocycles. The molecule has 0 aliphatic heterocycles. The van der Waals surface area contributed by atoms with Crippen molar-refractivity contribution in [3.05, 3.63) is 61.4 Å². The Balaban J connectivity index is 2.46. The third kappa shape index (κ3) is 3.51. The zero-order valence-electron chi connectivity index (χ0n) is 10.7. The monoisotopic (exact) mass is 450 g/mol. The molecule has 106 valence electrons. The molecule has 0 fully saturated rings. The Labute approximate surface area is 139 Å². The number of hydrogen-bond donors (Lipinski definition) is 1. The number of benzene rings is 2. The van der Waals surface area contributed by atoms with E-state index in [1.807, 2.05) is 47.7 Å². The topological polar surface area (TPSA) is 29.5 Å². The third-order valence-corrected chi connectivity index (χ3v) is 4.25. The normalized spacial score (nSPS) is 12.2. The van der Waals surface area contributed by atoms with Crippen molar-refractivity contribution in [3.63, 3.8) is 0 Å². The quantitative estimate of drug-likeness (QED) is 0.685. The van der Waals surface area contributed by atoms with Crippen LogP contribution in [0.4, 0.5) is 4.39 Å². The van der Waals surface area contributed by atoms with Crippen LogP contribution in [-0.4, -0.2) is 11.7 Å². The van der Waals surface area contributed by atoms with Crippen LogP contribution in [0.25, 0.3) is 0 Å². The molecule has 5 heteroatoms. The maximum Gasteiger partial charge on any atom is 0.125 e. The Kier molecular flexibility index (Phi) is 5.40. The molecule has 0 heterocycles. The van der Waals surface area contributed by atoms with Crippen molar-refractivity contribution in [1.82, 2.24) is 0 Å². The third-order valence-electron chi connectivity index (χ3n) is 2.82. The molecule has 1 atom stereocenters. The van der Waals surface area contributed by atoms with Gasteiger partial charge in [0.05, 0.1) is 6.61 Å². The van der Waals surface area contributed by atoms with Gasteiger partial charge in [-0.15, -0.1) is 0 Å². The molecule has 0 bridgehead atoms. The molecule has 2 aromatic carbocycles. The molecule has 0 spiro atoms. The van der Waals surface area contributed by atoms with Gasteiger partial charge in [0.2, 0.25) is 0 Å². The van der Waals surface area contributed by atoms with Gasteiger partial charge in [-0.05, 0) is 65.4 Å². The smallest absolute Gasteiger partial charge is 0.125 e. The lowest BCUT2D eigenvalue weighted by molar-refractivity contribution is 0.211. The summed E-state index contributed by atoms with van der Waals surface area (Å²) in [5, 5.41) is 10.6. The van der Waals surface area contributed by atoms with Crippen molar-refractivity contribution >= 4 is 38.5 Å². The number of aliphatic hydroxyl groups excluding tert-OH is 1. The van der Waals surface area contributed by atoms with Gasteiger partial charge in [-0.1, -0.05) is 22.0 Å². The van der Waals surface area contributed by atoms with Crippen LogP contribution in [0.3, 0.4) is 0 Å². The summed E-state index contributed by atoms with van der Waals surface area (Å²) < 4.78 is 20.2. The maximum atomic E-state index is 13.2. The molecule has 2 nitrogen and oxygen atoms in total. The van der Waals surface area contributed by atoms with E-state index >= 15 is 0 Å². The first-order valence-electron chi connectivity index (χ1n) is 6.08. The fourth-order valence-corrected chi connectivity index (χ4v) is 3.06. The summed E-state index contributed by atoms with van der Waals surface area (Å²) in [5.74, 6) is 0.313. The van der Waals surface area contributed by atoms with E-state index in [1.165, 1.54) is 12.1 Å². The number of aliphatic hydroxyl groups is 1. The summed E-state index contributed by atoms with van der Waals surface area (Å²) in [7, 11) is 0. The van der Waals surface area contributed by atoms with Gasteiger partial charge >= 0.3 is 0 Å². The Hall–Kier alpha value is -0.660. The minimum Gasteiger partial charge on any atom is -0.493 e. The lowest BCUT2D eigenvalue weighted by atomic mass is 10.0. The van der Waals surface area contributed by atoms with Crippen LogP contribution >= 0.6 is 38.5 Å². The molecule has 0 aliphatic rings. The van der Waals surface area contributed by atoms with E-state index in [0.29, 0.717) is 27.1 Å². The number of halogens is 3. The molecule has 0 radical (unpaired) electrons. The lowest BCUT2D eigenvalue weighted by Crippen LogP contribution is -2.06. The van der Waals surface area contributed by atoms with E-state index < -0.39 is 6.10 Å². The highest BCUT2D eigenvalue weighted by molar-refractivity contribution is 14.1. The van der Waals surface area contributed by atoms with Crippen molar-refractivity contribution in [1.29, 1.82) is 0 Å². The average Bonchev–Trinajstić information content (AvgIpc) is 2.40. The van der Waals surface area contributed by atoms with Gasteiger partial charge in [0.25, 0.3) is 0 Å². The van der Waals surface area contributed by atoms with Gasteiger partial charge in [0.15, 0.2) is 0 Å². The maximum absolute atomic E-state index is 13.2. The summed E-state index contributed by atoms with van der Waals surface area (Å²) in [6, 6.07) is 9.82. The Morgan fingerprint density at radius 3 is 2.65 bits per heavy atom. The predicted molar refractivity (Wildman–Crippen MR) is 88.5 cm³/mol. The largest absolute Gasteiger partial charge is 0.493 e. The van der Waals surface area contributed by atoms with Crippen molar-refractivity contribution in [3.8, 4) is 5.75 Å². The van der Waals surface area contributed by atoms with Gasteiger partial charge in [-0.25, -0.2) is 4.39 Å². The minimum atomic E-state index is -0.860. The van der Waals surface area contributed by atoms with Gasteiger partial charge in [-0.3, -0.25) is 0 Å². The number of rotatable bonds is 4. The highest BCUT2D eigenvalue weighted by Crippen LogP contribution is 2.34. The van der Waals surface area contributed by atoms with Crippen LogP contribution in [0.15, 0.2) is 40.9 Å². The van der Waals surface area contributed by atoms with Crippen molar-refractivity contribution < 1.29 is 14.2 Å². The Morgan fingerprint density at radius 1 is 1.25 bits per heavy atom. The van der Waals surface area contributed by atoms with Crippen LogP contribution in [0.1, 0.15) is 24.2 Å². The molecule has 0 amide bonds. The summed E-state index contributed by atoms with van der Waals surface area (Å²) in [6.45, 7) is 2.40. The summed E-state index contributed by atoms with van der Waals surface area (Å²) in [6.07, 6.45) is -0.860. The SMILES string of the molecule is CCOc1ccc(Br)cc1C(O)c1ccc(F)cc1I. The standard InChI is InChI=1S/C15H13BrFIO2/c1-2-20-14-6-3-9(16)7-12(14)15(19)11-5-4-10(17)8-13(11)18/h3-8,15,19H,2H2,1H3. The first kappa shape index (κ1) is 15.7. The molecule has 2 aromatic rings. The molecule has 1 N–H and O–H groups in total. The lowest BCUT2D eigenvalue weighted by Gasteiger charge is -2.17. The Morgan fingerprint density at radius 2 is 2.00 bits per heavy atom. The minimum absolute atomic E-state index is 0.315. The second-order valence-corrected chi connectivity index (χ2v) is 6.26. The fraction of sp³-hybridized carbons (Fsp3) is 0.200. The highest BCUT2D eigenvalue weighted by Gasteiger charge is 2.18. The van der Waals surface area contributed by atoms with Crippen LogP contribution in [0.5, 0.6) is 5.75 Å². The van der Waals surface area contributed by atoms with E-state index in [2.05, 4.69) is 15.9 Å². The van der Waals surface area contributed by atoms with E-state index in [9.17, 15) is 9.50 Å². The van der Waals surface area contributed by atoms with Gasteiger partial charge < -0.3 is 9.84 Å². The zero-order chi connectivity index (χ0) is 14.7. The van der Waals surface area contributed by atoms with Crippen LogP contribution in [0.2, 0.25) is 0 Å². The Bertz CT molecular complexity index is 619. The first-order chi connectivity index (χ1) is 9.52. The van der Waals surface area contributed by atoms with Gasteiger partial charge in [0, 0.05) is 13.6 Å². The molecule has 0 saturated heterocycles. The van der Waals surface area contributed by atoms with E-state index in [4.69, 9.17) is 4.74 Å². The molecular weight excluding hydrogens is 438 g/mol. The van der Waals surface area contributed by atoms with Crippen LogP contribution in [0, 0.1) is 9.39 Å². The van der Waals surface area contributed by atoms with E-state index in [0.717, 1.165) is 4.47 Å².